The second kappa shape index (κ2) is 8.28. The van der Waals surface area contributed by atoms with Gasteiger partial charge in [-0.2, -0.15) is 0 Å². The molecule has 2 N–H and O–H groups in total. The third-order valence-electron chi connectivity index (χ3n) is 1.44. The van der Waals surface area contributed by atoms with Crippen molar-refractivity contribution in [2.75, 3.05) is 0 Å². The fraction of sp³-hybridized carbons (Fsp3) is 0.286. The van der Waals surface area contributed by atoms with E-state index in [1.165, 1.54) is 29.3 Å². The van der Waals surface area contributed by atoms with E-state index in [2.05, 4.69) is 0 Å². The van der Waals surface area contributed by atoms with Crippen LogP contribution >= 0.6 is 0 Å². The van der Waals surface area contributed by atoms with Gasteiger partial charge in [-0.15, -0.1) is 0 Å². The molecule has 0 unspecified atom stereocenters. The number of hydrogen-bond acceptors (Lipinski definition) is 3. The van der Waals surface area contributed by atoms with Gasteiger partial charge in [-0.1, -0.05) is 6.07 Å². The van der Waals surface area contributed by atoms with Gasteiger partial charge < -0.3 is 14.9 Å². The average molecular weight is 236 g/mol. The molecule has 3 heteroatoms. The van der Waals surface area contributed by atoms with Gasteiger partial charge in [-0.25, -0.2) is 0 Å². The van der Waals surface area contributed by atoms with Gasteiger partial charge in [-0.05, 0) is 51.0 Å². The summed E-state index contributed by atoms with van der Waals surface area (Å²) in [6, 6.07) is 5.85. The summed E-state index contributed by atoms with van der Waals surface area (Å²) < 4.78 is 5.03. The highest BCUT2D eigenvalue weighted by molar-refractivity contribution is 5.30. The van der Waals surface area contributed by atoms with E-state index >= 15 is 0 Å². The highest BCUT2D eigenvalue weighted by Crippen LogP contribution is 2.14. The molecule has 0 fully saturated rings. The molecule has 1 aromatic rings. The number of benzene rings is 1. The molecule has 0 saturated heterocycles. The monoisotopic (exact) mass is 236 g/mol. The summed E-state index contributed by atoms with van der Waals surface area (Å²) in [5, 5.41) is 17.3. The van der Waals surface area contributed by atoms with E-state index in [1.807, 2.05) is 27.7 Å². The van der Waals surface area contributed by atoms with E-state index in [0.717, 1.165) is 0 Å². The van der Waals surface area contributed by atoms with Gasteiger partial charge in [0.1, 0.15) is 11.5 Å². The molecule has 0 spiro atoms. The SMILES string of the molecule is CC(C)=COC=C(C)C.Oc1cccc(O)c1. The van der Waals surface area contributed by atoms with Crippen LogP contribution < -0.4 is 0 Å². The van der Waals surface area contributed by atoms with Crippen LogP contribution in [0.5, 0.6) is 11.5 Å². The maximum atomic E-state index is 8.65. The first-order valence-corrected chi connectivity index (χ1v) is 5.32. The molecule has 94 valence electrons. The molecule has 0 saturated carbocycles. The Morgan fingerprint density at radius 1 is 0.941 bits per heavy atom. The molecular weight excluding hydrogens is 216 g/mol. The van der Waals surface area contributed by atoms with Crippen molar-refractivity contribution >= 4 is 0 Å². The Hall–Kier alpha value is -1.90. The summed E-state index contributed by atoms with van der Waals surface area (Å²) in [6.07, 6.45) is 3.46. The number of aromatic hydroxyl groups is 2. The Kier molecular flexibility index (Phi) is 7.35. The fourth-order valence-electron chi connectivity index (χ4n) is 0.799. The predicted octanol–water partition coefficient (Wildman–Crippen LogP) is 3.95. The third-order valence-corrected chi connectivity index (χ3v) is 1.44. The van der Waals surface area contributed by atoms with Gasteiger partial charge in [0.25, 0.3) is 0 Å². The summed E-state index contributed by atoms with van der Waals surface area (Å²) in [4.78, 5) is 0. The van der Waals surface area contributed by atoms with Gasteiger partial charge in [0.15, 0.2) is 0 Å². The molecule has 1 rings (SSSR count). The zero-order chi connectivity index (χ0) is 13.3. The van der Waals surface area contributed by atoms with E-state index in [4.69, 9.17) is 14.9 Å². The van der Waals surface area contributed by atoms with Crippen molar-refractivity contribution in [1.29, 1.82) is 0 Å². The van der Waals surface area contributed by atoms with E-state index in [-0.39, 0.29) is 11.5 Å². The van der Waals surface area contributed by atoms with Crippen molar-refractivity contribution in [1.82, 2.24) is 0 Å². The molecule has 3 nitrogen and oxygen atoms in total. The van der Waals surface area contributed by atoms with Gasteiger partial charge in [0.05, 0.1) is 12.5 Å². The summed E-state index contributed by atoms with van der Waals surface area (Å²) in [6.45, 7) is 8.00. The van der Waals surface area contributed by atoms with Crippen molar-refractivity contribution < 1.29 is 14.9 Å². The quantitative estimate of drug-likeness (QED) is 0.764. The van der Waals surface area contributed by atoms with Crippen molar-refractivity contribution in [3.63, 3.8) is 0 Å². The maximum Gasteiger partial charge on any atom is 0.119 e. The molecule has 0 heterocycles. The van der Waals surface area contributed by atoms with Gasteiger partial charge in [0, 0.05) is 6.07 Å². The van der Waals surface area contributed by atoms with E-state index < -0.39 is 0 Å². The highest BCUT2D eigenvalue weighted by Gasteiger charge is 1.85. The van der Waals surface area contributed by atoms with Gasteiger partial charge >= 0.3 is 0 Å². The van der Waals surface area contributed by atoms with E-state index in [1.54, 1.807) is 18.6 Å². The second-order valence-corrected chi connectivity index (χ2v) is 4.05. The largest absolute Gasteiger partial charge is 0.508 e. The van der Waals surface area contributed by atoms with Crippen molar-refractivity contribution in [3.05, 3.63) is 47.9 Å². The van der Waals surface area contributed by atoms with Crippen LogP contribution in [-0.2, 0) is 4.74 Å². The van der Waals surface area contributed by atoms with Crippen LogP contribution in [-0.4, -0.2) is 10.2 Å². The smallest absolute Gasteiger partial charge is 0.119 e. The zero-order valence-corrected chi connectivity index (χ0v) is 10.8. The molecule has 0 radical (unpaired) electrons. The summed E-state index contributed by atoms with van der Waals surface area (Å²) in [7, 11) is 0. The predicted molar refractivity (Wildman–Crippen MR) is 69.7 cm³/mol. The number of hydrogen-bond donors (Lipinski definition) is 2. The normalized spacial score (nSPS) is 8.47. The molecule has 0 bridgehead atoms. The van der Waals surface area contributed by atoms with Crippen LogP contribution in [0.25, 0.3) is 0 Å². The lowest BCUT2D eigenvalue weighted by atomic mass is 10.3. The lowest BCUT2D eigenvalue weighted by molar-refractivity contribution is 0.393. The van der Waals surface area contributed by atoms with E-state index in [0.29, 0.717) is 0 Å². The molecule has 0 aromatic heterocycles. The van der Waals surface area contributed by atoms with E-state index in [9.17, 15) is 0 Å². The third kappa shape index (κ3) is 10.4. The molecule has 0 aliphatic heterocycles. The number of allylic oxidation sites excluding steroid dienone is 2. The maximum absolute atomic E-state index is 8.65. The van der Waals surface area contributed by atoms with Crippen LogP contribution in [0.4, 0.5) is 0 Å². The number of phenolic OH excluding ortho intramolecular Hbond substituents is 2. The standard InChI is InChI=1S/C8H14O.C6H6O2/c1-7(2)5-9-6-8(3)4;7-5-2-1-3-6(8)4-5/h5-6H,1-4H3;1-4,7-8H. The molecule has 17 heavy (non-hydrogen) atoms. The first kappa shape index (κ1) is 15.1. The first-order chi connectivity index (χ1) is 7.91. The van der Waals surface area contributed by atoms with Gasteiger partial charge in [0.2, 0.25) is 0 Å². The molecule has 0 aliphatic rings. The second-order valence-electron chi connectivity index (χ2n) is 4.05. The minimum atomic E-state index is 0.0880. The zero-order valence-electron chi connectivity index (χ0n) is 10.8. The fourth-order valence-corrected chi connectivity index (χ4v) is 0.799. The Morgan fingerprint density at radius 3 is 1.59 bits per heavy atom. The molecular formula is C14H20O3. The first-order valence-electron chi connectivity index (χ1n) is 5.32. The Morgan fingerprint density at radius 2 is 1.35 bits per heavy atom. The summed E-state index contributed by atoms with van der Waals surface area (Å²) in [5.41, 5.74) is 2.35. The van der Waals surface area contributed by atoms with Crippen molar-refractivity contribution in [3.8, 4) is 11.5 Å². The molecule has 1 aromatic carbocycles. The minimum absolute atomic E-state index is 0.0880. The lowest BCUT2D eigenvalue weighted by Crippen LogP contribution is -1.71. The minimum Gasteiger partial charge on any atom is -0.508 e. The molecule has 0 amide bonds. The van der Waals surface area contributed by atoms with Crippen LogP contribution in [0.2, 0.25) is 0 Å². The van der Waals surface area contributed by atoms with Crippen LogP contribution in [0.15, 0.2) is 47.9 Å². The summed E-state index contributed by atoms with van der Waals surface area (Å²) in [5.74, 6) is 0.176. The Labute approximate surface area is 103 Å². The highest BCUT2D eigenvalue weighted by atomic mass is 16.5. The lowest BCUT2D eigenvalue weighted by Gasteiger charge is -1.91. The Bertz CT molecular complexity index is 351. The molecule has 0 aliphatic carbocycles. The van der Waals surface area contributed by atoms with Crippen molar-refractivity contribution in [2.45, 2.75) is 27.7 Å². The molecule has 0 atom stereocenters. The number of phenols is 2. The number of ether oxygens (including phenoxy) is 1. The van der Waals surface area contributed by atoms with Crippen LogP contribution in [0, 0.1) is 0 Å². The number of rotatable bonds is 2. The van der Waals surface area contributed by atoms with Crippen LogP contribution in [0.3, 0.4) is 0 Å². The topological polar surface area (TPSA) is 49.7 Å². The van der Waals surface area contributed by atoms with Crippen molar-refractivity contribution in [2.24, 2.45) is 0 Å². The Balaban J connectivity index is 0.000000302. The van der Waals surface area contributed by atoms with Crippen LogP contribution in [0.1, 0.15) is 27.7 Å². The summed E-state index contributed by atoms with van der Waals surface area (Å²) >= 11 is 0. The average Bonchev–Trinajstić information content (AvgIpc) is 2.16. The van der Waals surface area contributed by atoms with Gasteiger partial charge in [-0.3, -0.25) is 0 Å².